The van der Waals surface area contributed by atoms with Gasteiger partial charge >= 0.3 is 5.69 Å². The van der Waals surface area contributed by atoms with Gasteiger partial charge in [0.15, 0.2) is 5.16 Å². The number of anilines is 1. The number of hydrogen-bond acceptors (Lipinski definition) is 5. The molecule has 0 unspecified atom stereocenters. The second-order valence-corrected chi connectivity index (χ2v) is 4.87. The van der Waals surface area contributed by atoms with Gasteiger partial charge in [-0.1, -0.05) is 6.92 Å². The number of aromatic amines is 1. The zero-order chi connectivity index (χ0) is 13.1. The van der Waals surface area contributed by atoms with Gasteiger partial charge in [0.25, 0.3) is 0 Å². The van der Waals surface area contributed by atoms with E-state index in [0.29, 0.717) is 22.4 Å². The summed E-state index contributed by atoms with van der Waals surface area (Å²) in [5.74, 6) is 0. The Bertz CT molecular complexity index is 604. The molecule has 0 aliphatic rings. The van der Waals surface area contributed by atoms with Gasteiger partial charge in [0.2, 0.25) is 0 Å². The van der Waals surface area contributed by atoms with Crippen LogP contribution in [0, 0.1) is 6.92 Å². The zero-order valence-corrected chi connectivity index (χ0v) is 11.1. The highest BCUT2D eigenvalue weighted by molar-refractivity contribution is 7.99. The molecule has 2 aromatic rings. The molecule has 2 rings (SSSR count). The molecule has 0 fully saturated rings. The fourth-order valence-corrected chi connectivity index (χ4v) is 2.44. The molecule has 6 nitrogen and oxygen atoms in total. The Balaban J connectivity index is 2.34. The van der Waals surface area contributed by atoms with Crippen molar-refractivity contribution in [3.63, 3.8) is 0 Å². The lowest BCUT2D eigenvalue weighted by Crippen LogP contribution is -2.17. The van der Waals surface area contributed by atoms with Gasteiger partial charge in [-0.2, -0.15) is 0 Å². The molecule has 0 aliphatic heterocycles. The van der Waals surface area contributed by atoms with Crippen molar-refractivity contribution in [2.45, 2.75) is 37.0 Å². The summed E-state index contributed by atoms with van der Waals surface area (Å²) in [7, 11) is 0. The Labute approximate surface area is 109 Å². The van der Waals surface area contributed by atoms with Crippen LogP contribution in [0.2, 0.25) is 0 Å². The monoisotopic (exact) mass is 265 g/mol. The maximum Gasteiger partial charge on any atom is 0.343 e. The fourth-order valence-electron chi connectivity index (χ4n) is 1.51. The summed E-state index contributed by atoms with van der Waals surface area (Å²) in [6.07, 6.45) is 0.865. The molecule has 0 aromatic carbocycles. The van der Waals surface area contributed by atoms with E-state index in [1.807, 2.05) is 19.9 Å². The summed E-state index contributed by atoms with van der Waals surface area (Å²) in [4.78, 5) is 15.9. The molecular formula is C11H15N5OS. The van der Waals surface area contributed by atoms with Crippen molar-refractivity contribution in [3.8, 4) is 0 Å². The van der Waals surface area contributed by atoms with Crippen LogP contribution in [-0.4, -0.2) is 19.7 Å². The number of nitrogens with one attached hydrogen (secondary N) is 1. The van der Waals surface area contributed by atoms with Crippen molar-refractivity contribution in [1.82, 2.24) is 19.7 Å². The number of H-pyrrole nitrogens is 1. The molecule has 2 aromatic heterocycles. The van der Waals surface area contributed by atoms with Crippen LogP contribution in [0.15, 0.2) is 27.1 Å². The summed E-state index contributed by atoms with van der Waals surface area (Å²) >= 11 is 1.30. The van der Waals surface area contributed by atoms with Gasteiger partial charge in [-0.3, -0.25) is 4.57 Å². The van der Waals surface area contributed by atoms with Crippen LogP contribution in [0.4, 0.5) is 5.69 Å². The quantitative estimate of drug-likeness (QED) is 0.872. The minimum atomic E-state index is -0.203. The average Bonchev–Trinajstić information content (AvgIpc) is 2.67. The molecule has 0 amide bonds. The molecule has 0 radical (unpaired) electrons. The van der Waals surface area contributed by atoms with Crippen LogP contribution in [0.1, 0.15) is 19.0 Å². The summed E-state index contributed by atoms with van der Waals surface area (Å²) in [5.41, 5.74) is 7.12. The number of hydrogen-bond donors (Lipinski definition) is 2. The van der Waals surface area contributed by atoms with Crippen LogP contribution < -0.4 is 11.4 Å². The maximum atomic E-state index is 11.6. The van der Waals surface area contributed by atoms with E-state index in [1.54, 1.807) is 10.6 Å². The second kappa shape index (κ2) is 5.26. The first kappa shape index (κ1) is 12.7. The number of aromatic nitrogens is 4. The number of nitrogens with zero attached hydrogens (tertiary/aromatic N) is 3. The minimum absolute atomic E-state index is 0.203. The standard InChI is InChI=1S/C11H15N5OS/c1-3-6-16-10(17)14-15-11(16)18-9-8(12)5-4-7(2)13-9/h4-5H,3,6,12H2,1-2H3,(H,14,17). The molecule has 0 saturated carbocycles. The smallest absolute Gasteiger partial charge is 0.343 e. The van der Waals surface area contributed by atoms with Crippen LogP contribution in [0.5, 0.6) is 0 Å². The first-order chi connectivity index (χ1) is 8.61. The third-order valence-corrected chi connectivity index (χ3v) is 3.40. The number of nitrogens with two attached hydrogens (primary N) is 1. The van der Waals surface area contributed by atoms with Crippen molar-refractivity contribution >= 4 is 17.4 Å². The molecule has 3 N–H and O–H groups in total. The Morgan fingerprint density at radius 2 is 2.28 bits per heavy atom. The molecule has 18 heavy (non-hydrogen) atoms. The van der Waals surface area contributed by atoms with Crippen molar-refractivity contribution in [2.24, 2.45) is 0 Å². The lowest BCUT2D eigenvalue weighted by molar-refractivity contribution is 0.603. The Kier molecular flexibility index (Phi) is 3.71. The van der Waals surface area contributed by atoms with E-state index in [9.17, 15) is 4.79 Å². The summed E-state index contributed by atoms with van der Waals surface area (Å²) in [6, 6.07) is 3.66. The molecule has 96 valence electrons. The predicted octanol–water partition coefficient (Wildman–Crippen LogP) is 1.42. The van der Waals surface area contributed by atoms with Gasteiger partial charge in [-0.05, 0) is 37.2 Å². The van der Waals surface area contributed by atoms with Crippen LogP contribution in [-0.2, 0) is 6.54 Å². The normalized spacial score (nSPS) is 10.8. The molecule has 7 heteroatoms. The minimum Gasteiger partial charge on any atom is -0.397 e. The van der Waals surface area contributed by atoms with Gasteiger partial charge in [0, 0.05) is 12.2 Å². The Hall–Kier alpha value is -1.76. The molecule has 0 spiro atoms. The van der Waals surface area contributed by atoms with Crippen molar-refractivity contribution < 1.29 is 0 Å². The van der Waals surface area contributed by atoms with Gasteiger partial charge in [0.1, 0.15) is 5.03 Å². The number of rotatable bonds is 4. The predicted molar refractivity (Wildman–Crippen MR) is 70.6 cm³/mol. The third kappa shape index (κ3) is 2.56. The SMILES string of the molecule is CCCn1c(Sc2nc(C)ccc2N)n[nH]c1=O. The van der Waals surface area contributed by atoms with Gasteiger partial charge in [-0.25, -0.2) is 14.9 Å². The molecular weight excluding hydrogens is 250 g/mol. The molecule has 0 saturated heterocycles. The zero-order valence-electron chi connectivity index (χ0n) is 10.3. The highest BCUT2D eigenvalue weighted by Gasteiger charge is 2.12. The molecule has 2 heterocycles. The van der Waals surface area contributed by atoms with E-state index in [2.05, 4.69) is 15.2 Å². The first-order valence-electron chi connectivity index (χ1n) is 5.68. The molecule has 0 aliphatic carbocycles. The van der Waals surface area contributed by atoms with E-state index in [1.165, 1.54) is 11.8 Å². The highest BCUT2D eigenvalue weighted by Crippen LogP contribution is 2.28. The van der Waals surface area contributed by atoms with Crippen molar-refractivity contribution in [2.75, 3.05) is 5.73 Å². The van der Waals surface area contributed by atoms with E-state index in [0.717, 1.165) is 12.1 Å². The average molecular weight is 265 g/mol. The fraction of sp³-hybridized carbons (Fsp3) is 0.364. The van der Waals surface area contributed by atoms with Gasteiger partial charge < -0.3 is 5.73 Å². The lowest BCUT2D eigenvalue weighted by atomic mass is 10.3. The summed E-state index contributed by atoms with van der Waals surface area (Å²) in [5, 5.41) is 7.70. The Morgan fingerprint density at radius 1 is 1.50 bits per heavy atom. The van der Waals surface area contributed by atoms with Gasteiger partial charge in [-0.15, -0.1) is 5.10 Å². The number of nitrogen functional groups attached to an aromatic ring is 1. The van der Waals surface area contributed by atoms with Crippen molar-refractivity contribution in [3.05, 3.63) is 28.3 Å². The third-order valence-electron chi connectivity index (χ3n) is 2.39. The van der Waals surface area contributed by atoms with E-state index < -0.39 is 0 Å². The Morgan fingerprint density at radius 3 is 3.00 bits per heavy atom. The second-order valence-electron chi connectivity index (χ2n) is 3.91. The van der Waals surface area contributed by atoms with Crippen LogP contribution >= 0.6 is 11.8 Å². The first-order valence-corrected chi connectivity index (χ1v) is 6.49. The maximum absolute atomic E-state index is 11.6. The number of pyridine rings is 1. The van der Waals surface area contributed by atoms with Crippen molar-refractivity contribution in [1.29, 1.82) is 0 Å². The highest BCUT2D eigenvalue weighted by atomic mass is 32.2. The number of aryl methyl sites for hydroxylation is 1. The molecule has 0 bridgehead atoms. The largest absolute Gasteiger partial charge is 0.397 e. The summed E-state index contributed by atoms with van der Waals surface area (Å²) in [6.45, 7) is 4.53. The van der Waals surface area contributed by atoms with E-state index in [-0.39, 0.29) is 5.69 Å². The van der Waals surface area contributed by atoms with E-state index in [4.69, 9.17) is 5.73 Å². The van der Waals surface area contributed by atoms with Crippen LogP contribution in [0.25, 0.3) is 0 Å². The summed E-state index contributed by atoms with van der Waals surface area (Å²) < 4.78 is 1.59. The topological polar surface area (TPSA) is 89.6 Å². The van der Waals surface area contributed by atoms with Crippen LogP contribution in [0.3, 0.4) is 0 Å². The molecule has 0 atom stereocenters. The lowest BCUT2D eigenvalue weighted by Gasteiger charge is -2.06. The van der Waals surface area contributed by atoms with E-state index >= 15 is 0 Å². The van der Waals surface area contributed by atoms with Gasteiger partial charge in [0.05, 0.1) is 5.69 Å².